The Hall–Kier alpha value is -1.18. The Balaban J connectivity index is 2.53. The summed E-state index contributed by atoms with van der Waals surface area (Å²) in [6.07, 6.45) is -0.809. The molecule has 0 amide bonds. The maximum absolute atomic E-state index is 10.4. The molecule has 0 saturated heterocycles. The fourth-order valence-corrected chi connectivity index (χ4v) is 1.48. The second-order valence-corrected chi connectivity index (χ2v) is 3.75. The first kappa shape index (κ1) is 11.9. The summed E-state index contributed by atoms with van der Waals surface area (Å²) in [7, 11) is 0. The van der Waals surface area contributed by atoms with Crippen LogP contribution >= 0.6 is 11.8 Å². The van der Waals surface area contributed by atoms with Gasteiger partial charge in [0.2, 0.25) is 0 Å². The molecule has 0 saturated carbocycles. The van der Waals surface area contributed by atoms with Crippen molar-refractivity contribution in [2.24, 2.45) is 0 Å². The van der Waals surface area contributed by atoms with E-state index in [1.807, 2.05) is 0 Å². The number of thioether (sulfide) groups is 1. The predicted octanol–water partition coefficient (Wildman–Crippen LogP) is -0.380. The topological polar surface area (TPSA) is 104 Å². The van der Waals surface area contributed by atoms with Crippen molar-refractivity contribution < 1.29 is 20.1 Å². The molecule has 7 heteroatoms. The highest BCUT2D eigenvalue weighted by atomic mass is 32.2. The van der Waals surface area contributed by atoms with Gasteiger partial charge in [0.25, 0.3) is 0 Å². The molecule has 15 heavy (non-hydrogen) atoms. The maximum atomic E-state index is 10.4. The van der Waals surface area contributed by atoms with E-state index in [0.29, 0.717) is 5.03 Å². The quantitative estimate of drug-likeness (QED) is 0.592. The lowest BCUT2D eigenvalue weighted by molar-refractivity contribution is 0.0689. The van der Waals surface area contributed by atoms with Gasteiger partial charge in [0.15, 0.2) is 5.69 Å². The zero-order valence-corrected chi connectivity index (χ0v) is 8.52. The molecule has 82 valence electrons. The Morgan fingerprint density at radius 1 is 1.47 bits per heavy atom. The number of aromatic carboxylic acids is 1. The molecule has 1 atom stereocenters. The highest BCUT2D eigenvalue weighted by Gasteiger charge is 2.07. The van der Waals surface area contributed by atoms with Gasteiger partial charge in [-0.15, -0.1) is 22.0 Å². The number of rotatable bonds is 5. The Kier molecular flexibility index (Phi) is 4.47. The Morgan fingerprint density at radius 2 is 2.20 bits per heavy atom. The van der Waals surface area contributed by atoms with Gasteiger partial charge >= 0.3 is 5.97 Å². The van der Waals surface area contributed by atoms with Crippen LogP contribution in [-0.2, 0) is 0 Å². The fraction of sp³-hybridized carbons (Fsp3) is 0.375. The molecule has 1 rings (SSSR count). The van der Waals surface area contributed by atoms with Crippen LogP contribution in [0.25, 0.3) is 0 Å². The zero-order valence-electron chi connectivity index (χ0n) is 7.70. The Bertz CT molecular complexity index is 330. The van der Waals surface area contributed by atoms with Gasteiger partial charge in [-0.3, -0.25) is 0 Å². The van der Waals surface area contributed by atoms with Gasteiger partial charge in [-0.25, -0.2) is 4.79 Å². The second kappa shape index (κ2) is 5.64. The minimum atomic E-state index is -1.13. The van der Waals surface area contributed by atoms with Crippen LogP contribution in [0.5, 0.6) is 0 Å². The van der Waals surface area contributed by atoms with Crippen molar-refractivity contribution in [3.63, 3.8) is 0 Å². The van der Waals surface area contributed by atoms with E-state index >= 15 is 0 Å². The average Bonchev–Trinajstić information content (AvgIpc) is 2.26. The molecule has 0 aliphatic heterocycles. The van der Waals surface area contributed by atoms with Crippen LogP contribution in [0.4, 0.5) is 0 Å². The molecule has 6 nitrogen and oxygen atoms in total. The third-order valence-electron chi connectivity index (χ3n) is 1.49. The summed E-state index contributed by atoms with van der Waals surface area (Å²) in [6, 6.07) is 2.84. The van der Waals surface area contributed by atoms with Crippen molar-refractivity contribution in [1.29, 1.82) is 0 Å². The molecule has 0 aromatic carbocycles. The Labute approximate surface area is 90.0 Å². The number of carboxylic acid groups (broad SMARTS) is 1. The van der Waals surface area contributed by atoms with E-state index in [4.69, 9.17) is 15.3 Å². The van der Waals surface area contributed by atoms with Crippen LogP contribution in [0.1, 0.15) is 10.5 Å². The normalized spacial score (nSPS) is 12.4. The molecule has 0 radical (unpaired) electrons. The molecule has 0 bridgehead atoms. The summed E-state index contributed by atoms with van der Waals surface area (Å²) in [5.74, 6) is -0.841. The summed E-state index contributed by atoms with van der Waals surface area (Å²) in [5, 5.41) is 33.8. The van der Waals surface area contributed by atoms with Crippen molar-refractivity contribution in [2.45, 2.75) is 11.1 Å². The van der Waals surface area contributed by atoms with Gasteiger partial charge in [0.05, 0.1) is 12.7 Å². The number of aliphatic hydroxyl groups excluding tert-OH is 2. The lowest BCUT2D eigenvalue weighted by Gasteiger charge is -2.04. The molecule has 1 aromatic heterocycles. The molecule has 0 fully saturated rings. The van der Waals surface area contributed by atoms with Crippen LogP contribution in [0.3, 0.4) is 0 Å². The number of carbonyl (C=O) groups is 1. The number of hydrogen-bond acceptors (Lipinski definition) is 6. The maximum Gasteiger partial charge on any atom is 0.356 e. The lowest BCUT2D eigenvalue weighted by atomic mass is 10.4. The third kappa shape index (κ3) is 3.82. The van der Waals surface area contributed by atoms with E-state index in [9.17, 15) is 4.79 Å². The summed E-state index contributed by atoms with van der Waals surface area (Å²) in [6.45, 7) is -0.312. The minimum absolute atomic E-state index is 0.123. The number of nitrogens with zero attached hydrogens (tertiary/aromatic N) is 2. The summed E-state index contributed by atoms with van der Waals surface area (Å²) >= 11 is 1.20. The zero-order chi connectivity index (χ0) is 11.3. The number of aliphatic hydroxyl groups is 2. The van der Waals surface area contributed by atoms with Crippen molar-refractivity contribution >= 4 is 17.7 Å². The third-order valence-corrected chi connectivity index (χ3v) is 2.56. The lowest BCUT2D eigenvalue weighted by Crippen LogP contribution is -2.14. The molecular weight excluding hydrogens is 220 g/mol. The van der Waals surface area contributed by atoms with E-state index < -0.39 is 12.1 Å². The van der Waals surface area contributed by atoms with E-state index in [2.05, 4.69) is 10.2 Å². The molecule has 0 spiro atoms. The molecule has 0 aliphatic rings. The predicted molar refractivity (Wildman–Crippen MR) is 52.8 cm³/mol. The standard InChI is InChI=1S/C8H10N2O4S/c11-3-5(12)4-15-7-2-1-6(8(13)14)9-10-7/h1-2,5,11-12H,3-4H2,(H,13,14). The van der Waals surface area contributed by atoms with Crippen LogP contribution in [0, 0.1) is 0 Å². The summed E-state index contributed by atoms with van der Waals surface area (Å²) in [5.41, 5.74) is -0.123. The van der Waals surface area contributed by atoms with Crippen molar-refractivity contribution in [2.75, 3.05) is 12.4 Å². The second-order valence-electron chi connectivity index (χ2n) is 2.71. The van der Waals surface area contributed by atoms with Crippen LogP contribution < -0.4 is 0 Å². The number of aromatic nitrogens is 2. The first-order valence-corrected chi connectivity index (χ1v) is 5.10. The summed E-state index contributed by atoms with van der Waals surface area (Å²) in [4.78, 5) is 10.4. The van der Waals surface area contributed by atoms with Crippen LogP contribution in [0.15, 0.2) is 17.2 Å². The molecular formula is C8H10N2O4S. The van der Waals surface area contributed by atoms with Crippen LogP contribution in [0.2, 0.25) is 0 Å². The van der Waals surface area contributed by atoms with E-state index in [0.717, 1.165) is 0 Å². The van der Waals surface area contributed by atoms with Gasteiger partial charge in [-0.1, -0.05) is 0 Å². The smallest absolute Gasteiger partial charge is 0.356 e. The van der Waals surface area contributed by atoms with E-state index in [1.165, 1.54) is 23.9 Å². The highest BCUT2D eigenvalue weighted by molar-refractivity contribution is 7.99. The number of carboxylic acids is 1. The monoisotopic (exact) mass is 230 g/mol. The molecule has 1 aromatic rings. The Morgan fingerprint density at radius 3 is 2.67 bits per heavy atom. The average molecular weight is 230 g/mol. The first-order valence-electron chi connectivity index (χ1n) is 4.12. The minimum Gasteiger partial charge on any atom is -0.476 e. The molecule has 0 aliphatic carbocycles. The highest BCUT2D eigenvalue weighted by Crippen LogP contribution is 2.14. The van der Waals surface area contributed by atoms with E-state index in [-0.39, 0.29) is 18.1 Å². The number of hydrogen-bond donors (Lipinski definition) is 3. The molecule has 1 unspecified atom stereocenters. The van der Waals surface area contributed by atoms with Gasteiger partial charge in [0, 0.05) is 5.75 Å². The van der Waals surface area contributed by atoms with Gasteiger partial charge in [0.1, 0.15) is 5.03 Å². The SMILES string of the molecule is O=C(O)c1ccc(SCC(O)CO)nn1. The van der Waals surface area contributed by atoms with Gasteiger partial charge in [-0.2, -0.15) is 0 Å². The largest absolute Gasteiger partial charge is 0.476 e. The van der Waals surface area contributed by atoms with Crippen molar-refractivity contribution in [3.05, 3.63) is 17.8 Å². The first-order chi connectivity index (χ1) is 7.13. The van der Waals surface area contributed by atoms with Gasteiger partial charge < -0.3 is 15.3 Å². The fourth-order valence-electron chi connectivity index (χ4n) is 0.745. The van der Waals surface area contributed by atoms with E-state index in [1.54, 1.807) is 0 Å². The molecule has 1 heterocycles. The van der Waals surface area contributed by atoms with Crippen LogP contribution in [-0.4, -0.2) is 49.9 Å². The van der Waals surface area contributed by atoms with Gasteiger partial charge in [-0.05, 0) is 12.1 Å². The molecule has 3 N–H and O–H groups in total. The van der Waals surface area contributed by atoms with Crippen molar-refractivity contribution in [3.8, 4) is 0 Å². The summed E-state index contributed by atoms with van der Waals surface area (Å²) < 4.78 is 0. The van der Waals surface area contributed by atoms with Crippen molar-refractivity contribution in [1.82, 2.24) is 10.2 Å².